The average Bonchev–Trinajstić information content (AvgIpc) is 2.83. The monoisotopic (exact) mass is 553 g/mol. The Bertz CT molecular complexity index is 1360. The zero-order valence-electron chi connectivity index (χ0n) is 19.1. The number of hydrogen-bond acceptors (Lipinski definition) is 5. The molecule has 1 fully saturated rings. The highest BCUT2D eigenvalue weighted by Crippen LogP contribution is 2.58. The molecule has 2 aromatic carbocycles. The summed E-state index contributed by atoms with van der Waals surface area (Å²) < 4.78 is 128. The smallest absolute Gasteiger partial charge is 0.416 e. The molecular weight excluding hydrogens is 529 g/mol. The van der Waals surface area contributed by atoms with Crippen molar-refractivity contribution in [2.24, 2.45) is 11.8 Å². The van der Waals surface area contributed by atoms with Crippen molar-refractivity contribution in [3.63, 3.8) is 0 Å². The van der Waals surface area contributed by atoms with Crippen LogP contribution in [0.4, 0.5) is 22.0 Å². The number of sulfone groups is 1. The summed E-state index contributed by atoms with van der Waals surface area (Å²) in [5.41, 5.74) is -1.57. The second-order valence-electron chi connectivity index (χ2n) is 8.97. The van der Waals surface area contributed by atoms with Crippen LogP contribution in [-0.2, 0) is 30.8 Å². The average molecular weight is 554 g/mol. The van der Waals surface area contributed by atoms with Crippen molar-refractivity contribution >= 4 is 19.9 Å². The third kappa shape index (κ3) is 4.38. The van der Waals surface area contributed by atoms with Crippen LogP contribution < -0.4 is 9.46 Å². The third-order valence-electron chi connectivity index (χ3n) is 7.10. The van der Waals surface area contributed by atoms with Gasteiger partial charge in [-0.3, -0.25) is 0 Å². The van der Waals surface area contributed by atoms with Crippen LogP contribution in [0.3, 0.4) is 0 Å². The first-order valence-corrected chi connectivity index (χ1v) is 14.4. The van der Waals surface area contributed by atoms with E-state index < -0.39 is 76.0 Å². The lowest BCUT2D eigenvalue weighted by atomic mass is 9.67. The number of ether oxygens (including phenoxy) is 1. The number of benzene rings is 2. The van der Waals surface area contributed by atoms with Crippen LogP contribution in [0.15, 0.2) is 41.3 Å². The van der Waals surface area contributed by atoms with Gasteiger partial charge in [-0.05, 0) is 62.1 Å². The van der Waals surface area contributed by atoms with Gasteiger partial charge < -0.3 is 4.74 Å². The molecule has 0 amide bonds. The number of halogens is 5. The van der Waals surface area contributed by atoms with Crippen LogP contribution in [-0.4, -0.2) is 35.7 Å². The molecule has 0 radical (unpaired) electrons. The van der Waals surface area contributed by atoms with Crippen LogP contribution >= 0.6 is 0 Å². The van der Waals surface area contributed by atoms with Crippen LogP contribution in [0.1, 0.15) is 37.3 Å². The Morgan fingerprint density at radius 1 is 1.03 bits per heavy atom. The summed E-state index contributed by atoms with van der Waals surface area (Å²) >= 11 is 0. The summed E-state index contributed by atoms with van der Waals surface area (Å²) in [5.74, 6) is -4.39. The van der Waals surface area contributed by atoms with Gasteiger partial charge in [0.1, 0.15) is 10.6 Å². The minimum atomic E-state index is -4.70. The van der Waals surface area contributed by atoms with Gasteiger partial charge in [-0.1, -0.05) is 6.42 Å². The van der Waals surface area contributed by atoms with Crippen LogP contribution in [0.5, 0.6) is 5.75 Å². The largest absolute Gasteiger partial charge is 0.490 e. The minimum Gasteiger partial charge on any atom is -0.490 e. The van der Waals surface area contributed by atoms with E-state index >= 15 is 4.39 Å². The van der Waals surface area contributed by atoms with Crippen LogP contribution in [0, 0.1) is 23.5 Å². The molecular formula is C23H24F5NO5S2. The molecule has 3 atom stereocenters. The first kappa shape index (κ1) is 26.8. The van der Waals surface area contributed by atoms with Gasteiger partial charge in [0.05, 0.1) is 28.4 Å². The predicted octanol–water partition coefficient (Wildman–Crippen LogP) is 4.40. The molecule has 2 aliphatic rings. The van der Waals surface area contributed by atoms with Crippen LogP contribution in [0.25, 0.3) is 0 Å². The number of hydrogen-bond donors (Lipinski definition) is 1. The molecule has 1 aliphatic carbocycles. The minimum absolute atomic E-state index is 0.144. The fourth-order valence-electron chi connectivity index (χ4n) is 5.30. The second-order valence-corrected chi connectivity index (χ2v) is 13.3. The molecule has 1 saturated carbocycles. The summed E-state index contributed by atoms with van der Waals surface area (Å²) in [5, 5.41) is 0. The number of nitrogens with one attached hydrogen (secondary N) is 1. The topological polar surface area (TPSA) is 89.5 Å². The number of fused-ring (bicyclic) bond motifs is 3. The molecule has 2 aromatic rings. The fraction of sp³-hybridized carbons (Fsp3) is 0.478. The van der Waals surface area contributed by atoms with Crippen molar-refractivity contribution in [1.82, 2.24) is 4.72 Å². The molecule has 0 bridgehead atoms. The Morgan fingerprint density at radius 3 is 2.28 bits per heavy atom. The Balaban J connectivity index is 1.90. The second kappa shape index (κ2) is 9.25. The first-order valence-electron chi connectivity index (χ1n) is 11.2. The van der Waals surface area contributed by atoms with Crippen molar-refractivity contribution in [1.29, 1.82) is 0 Å². The summed E-state index contributed by atoms with van der Waals surface area (Å²) in [6.45, 7) is 0.938. The van der Waals surface area contributed by atoms with Gasteiger partial charge in [0, 0.05) is 12.5 Å². The van der Waals surface area contributed by atoms with Crippen molar-refractivity contribution in [2.75, 3.05) is 18.9 Å². The number of sulfonamides is 1. The Morgan fingerprint density at radius 2 is 1.67 bits per heavy atom. The standard InChI is InChI=1S/C23H24F5NO5S2/c1-2-35(30,31)29-12-14-4-3-11-22(17(14)13-34-21-19(25)10-9-18(24)20(21)22)36(32,33)16-7-5-15(6-8-16)23(26,27)28/h5-10,14,17,29H,2-4,11-13H2,1H3/t14-,17-,22-/m0/s1. The molecule has 13 heteroatoms. The molecule has 1 N–H and O–H groups in total. The summed E-state index contributed by atoms with van der Waals surface area (Å²) in [6.07, 6.45) is -4.23. The molecule has 0 unspecified atom stereocenters. The number of alkyl halides is 3. The third-order valence-corrected chi connectivity index (χ3v) is 11.0. The molecule has 6 nitrogen and oxygen atoms in total. The quantitative estimate of drug-likeness (QED) is 0.536. The predicted molar refractivity (Wildman–Crippen MR) is 120 cm³/mol. The van der Waals surface area contributed by atoms with Gasteiger partial charge in [-0.15, -0.1) is 0 Å². The van der Waals surface area contributed by atoms with E-state index in [2.05, 4.69) is 4.72 Å². The zero-order chi connectivity index (χ0) is 26.5. The normalized spacial score (nSPS) is 24.5. The van der Waals surface area contributed by atoms with E-state index in [-0.39, 0.29) is 31.7 Å². The summed E-state index contributed by atoms with van der Waals surface area (Å²) in [4.78, 5) is -0.480. The maximum atomic E-state index is 15.3. The molecule has 198 valence electrons. The molecule has 0 spiro atoms. The number of rotatable bonds is 6. The van der Waals surface area contributed by atoms with Gasteiger partial charge >= 0.3 is 6.18 Å². The maximum Gasteiger partial charge on any atom is 0.416 e. The highest BCUT2D eigenvalue weighted by molar-refractivity contribution is 7.92. The zero-order valence-corrected chi connectivity index (χ0v) is 20.7. The van der Waals surface area contributed by atoms with E-state index in [4.69, 9.17) is 4.74 Å². The Kier molecular flexibility index (Phi) is 6.88. The molecule has 0 saturated heterocycles. The summed E-state index contributed by atoms with van der Waals surface area (Å²) in [6, 6.07) is 4.45. The summed E-state index contributed by atoms with van der Waals surface area (Å²) in [7, 11) is -8.26. The van der Waals surface area contributed by atoms with E-state index in [1.54, 1.807) is 0 Å². The van der Waals surface area contributed by atoms with Crippen molar-refractivity contribution in [2.45, 2.75) is 42.0 Å². The Hall–Kier alpha value is -2.25. The first-order chi connectivity index (χ1) is 16.7. The van der Waals surface area contributed by atoms with Gasteiger partial charge in [-0.25, -0.2) is 30.3 Å². The van der Waals surface area contributed by atoms with Crippen molar-refractivity contribution < 1.29 is 43.5 Å². The van der Waals surface area contributed by atoms with Crippen molar-refractivity contribution in [3.8, 4) is 5.75 Å². The van der Waals surface area contributed by atoms with E-state index in [0.717, 1.165) is 24.3 Å². The lowest BCUT2D eigenvalue weighted by molar-refractivity contribution is -0.137. The van der Waals surface area contributed by atoms with E-state index in [9.17, 15) is 34.4 Å². The van der Waals surface area contributed by atoms with Gasteiger partial charge in [0.2, 0.25) is 10.0 Å². The molecule has 1 heterocycles. The SMILES string of the molecule is CCS(=O)(=O)NC[C@@H]1CCC[C@@]2(S(=O)(=O)c3ccc(C(F)(F)F)cc3)c3c(F)ccc(F)c3OC[C@@H]12. The van der Waals surface area contributed by atoms with Gasteiger partial charge in [0.15, 0.2) is 21.4 Å². The fourth-order valence-corrected chi connectivity index (χ4v) is 8.42. The highest BCUT2D eigenvalue weighted by Gasteiger charge is 2.61. The van der Waals surface area contributed by atoms with E-state index in [1.165, 1.54) is 6.92 Å². The molecule has 1 aliphatic heterocycles. The van der Waals surface area contributed by atoms with Crippen LogP contribution in [0.2, 0.25) is 0 Å². The lowest BCUT2D eigenvalue weighted by Crippen LogP contribution is -2.55. The maximum absolute atomic E-state index is 15.3. The van der Waals surface area contributed by atoms with Gasteiger partial charge in [0.25, 0.3) is 0 Å². The van der Waals surface area contributed by atoms with Crippen molar-refractivity contribution in [3.05, 3.63) is 59.2 Å². The highest BCUT2D eigenvalue weighted by atomic mass is 32.2. The molecule has 0 aromatic heterocycles. The van der Waals surface area contributed by atoms with Gasteiger partial charge in [-0.2, -0.15) is 13.2 Å². The molecule has 4 rings (SSSR count). The van der Waals surface area contributed by atoms with E-state index in [0.29, 0.717) is 18.6 Å². The lowest BCUT2D eigenvalue weighted by Gasteiger charge is -2.50. The van der Waals surface area contributed by atoms with E-state index in [1.807, 2.05) is 0 Å². The molecule has 36 heavy (non-hydrogen) atoms. The Labute approximate surface area is 205 Å².